The first-order chi connectivity index (χ1) is 13.6. The molecule has 0 radical (unpaired) electrons. The van der Waals surface area contributed by atoms with Gasteiger partial charge in [-0.2, -0.15) is 0 Å². The third-order valence-electron chi connectivity index (χ3n) is 5.02. The second-order valence-electron chi connectivity index (χ2n) is 6.92. The number of urea groups is 1. The standard InChI is InChI=1S/C21H28N4O3/c1-3-10-24-11-13-25(14-12-24)15-17-18(20(26)28-4-2)19(23-21(27)22-17)16-8-6-5-7-9-16/h3,5-9,19H,1,4,10-15H2,2H3,(H2,22,23,27). The molecule has 1 aromatic carbocycles. The minimum Gasteiger partial charge on any atom is -0.463 e. The number of ether oxygens (including phenoxy) is 1. The number of hydrogen-bond donors (Lipinski definition) is 2. The van der Waals surface area contributed by atoms with Crippen molar-refractivity contribution in [1.82, 2.24) is 20.4 Å². The summed E-state index contributed by atoms with van der Waals surface area (Å²) in [5.74, 6) is -0.399. The van der Waals surface area contributed by atoms with Crippen molar-refractivity contribution in [3.05, 3.63) is 59.8 Å². The molecule has 1 atom stereocenters. The minimum absolute atomic E-state index is 0.283. The van der Waals surface area contributed by atoms with Gasteiger partial charge < -0.3 is 15.4 Å². The van der Waals surface area contributed by atoms with Crippen molar-refractivity contribution in [2.24, 2.45) is 0 Å². The fourth-order valence-electron chi connectivity index (χ4n) is 3.62. The van der Waals surface area contributed by atoms with Crippen LogP contribution in [0.2, 0.25) is 0 Å². The van der Waals surface area contributed by atoms with Gasteiger partial charge >= 0.3 is 12.0 Å². The highest BCUT2D eigenvalue weighted by atomic mass is 16.5. The Bertz CT molecular complexity index is 739. The van der Waals surface area contributed by atoms with Crippen LogP contribution in [0.25, 0.3) is 0 Å². The van der Waals surface area contributed by atoms with E-state index in [-0.39, 0.29) is 12.6 Å². The number of esters is 1. The van der Waals surface area contributed by atoms with E-state index in [1.54, 1.807) is 6.92 Å². The van der Waals surface area contributed by atoms with E-state index in [1.165, 1.54) is 0 Å². The molecule has 7 nitrogen and oxygen atoms in total. The zero-order valence-corrected chi connectivity index (χ0v) is 16.3. The summed E-state index contributed by atoms with van der Waals surface area (Å²) in [6.07, 6.45) is 1.91. The normalized spacial score (nSPS) is 21.0. The maximum absolute atomic E-state index is 12.8. The van der Waals surface area contributed by atoms with Crippen LogP contribution in [0.4, 0.5) is 4.79 Å². The second kappa shape index (κ2) is 9.52. The molecule has 2 heterocycles. The van der Waals surface area contributed by atoms with Crippen LogP contribution in [-0.2, 0) is 9.53 Å². The Morgan fingerprint density at radius 1 is 1.21 bits per heavy atom. The first-order valence-electron chi connectivity index (χ1n) is 9.70. The van der Waals surface area contributed by atoms with Gasteiger partial charge in [-0.05, 0) is 12.5 Å². The van der Waals surface area contributed by atoms with Gasteiger partial charge in [0.1, 0.15) is 0 Å². The van der Waals surface area contributed by atoms with Crippen LogP contribution in [0.1, 0.15) is 18.5 Å². The van der Waals surface area contributed by atoms with Crippen LogP contribution in [-0.4, -0.2) is 67.7 Å². The molecule has 0 aliphatic carbocycles. The fraction of sp³-hybridized carbons (Fsp3) is 0.429. The first kappa shape index (κ1) is 20.1. The van der Waals surface area contributed by atoms with Crippen LogP contribution in [0, 0.1) is 0 Å². The average Bonchev–Trinajstić information content (AvgIpc) is 2.70. The maximum atomic E-state index is 12.8. The van der Waals surface area contributed by atoms with Crippen LogP contribution in [0.15, 0.2) is 54.3 Å². The number of carbonyl (C=O) groups excluding carboxylic acids is 2. The van der Waals surface area contributed by atoms with E-state index >= 15 is 0 Å². The number of hydrogen-bond acceptors (Lipinski definition) is 5. The number of nitrogens with one attached hydrogen (secondary N) is 2. The van der Waals surface area contributed by atoms with Crippen molar-refractivity contribution < 1.29 is 14.3 Å². The molecular weight excluding hydrogens is 356 g/mol. The van der Waals surface area contributed by atoms with E-state index in [4.69, 9.17) is 4.74 Å². The molecular formula is C21H28N4O3. The van der Waals surface area contributed by atoms with Crippen molar-refractivity contribution in [3.8, 4) is 0 Å². The smallest absolute Gasteiger partial charge is 0.338 e. The molecule has 28 heavy (non-hydrogen) atoms. The quantitative estimate of drug-likeness (QED) is 0.553. The summed E-state index contributed by atoms with van der Waals surface area (Å²) in [6, 6.07) is 8.68. The highest BCUT2D eigenvalue weighted by Crippen LogP contribution is 2.28. The zero-order valence-electron chi connectivity index (χ0n) is 16.3. The fourth-order valence-corrected chi connectivity index (χ4v) is 3.62. The van der Waals surface area contributed by atoms with E-state index in [9.17, 15) is 9.59 Å². The molecule has 2 amide bonds. The Morgan fingerprint density at radius 2 is 1.89 bits per heavy atom. The minimum atomic E-state index is -0.522. The van der Waals surface area contributed by atoms with Gasteiger partial charge in [0.2, 0.25) is 0 Å². The van der Waals surface area contributed by atoms with E-state index in [0.717, 1.165) is 38.3 Å². The van der Waals surface area contributed by atoms with Gasteiger partial charge in [0.15, 0.2) is 0 Å². The SMILES string of the molecule is C=CCN1CCN(CC2=C(C(=O)OCC)C(c3ccccc3)NC(=O)N2)CC1. The summed E-state index contributed by atoms with van der Waals surface area (Å²) in [5.41, 5.74) is 1.95. The lowest BCUT2D eigenvalue weighted by Gasteiger charge is -2.36. The maximum Gasteiger partial charge on any atom is 0.338 e. The lowest BCUT2D eigenvalue weighted by atomic mass is 9.95. The summed E-state index contributed by atoms with van der Waals surface area (Å²) in [5, 5.41) is 5.71. The molecule has 0 aromatic heterocycles. The molecule has 1 saturated heterocycles. The zero-order chi connectivity index (χ0) is 19.9. The highest BCUT2D eigenvalue weighted by Gasteiger charge is 2.34. The molecule has 2 aliphatic rings. The first-order valence-corrected chi connectivity index (χ1v) is 9.70. The molecule has 0 bridgehead atoms. The van der Waals surface area contributed by atoms with Gasteiger partial charge in [-0.25, -0.2) is 9.59 Å². The molecule has 1 aromatic rings. The molecule has 3 rings (SSSR count). The van der Waals surface area contributed by atoms with Gasteiger partial charge in [0.05, 0.1) is 18.2 Å². The van der Waals surface area contributed by atoms with Crippen molar-refractivity contribution in [2.75, 3.05) is 45.9 Å². The number of piperazine rings is 1. The predicted octanol–water partition coefficient (Wildman–Crippen LogP) is 1.66. The topological polar surface area (TPSA) is 73.9 Å². The Labute approximate surface area is 166 Å². The summed E-state index contributed by atoms with van der Waals surface area (Å²) < 4.78 is 5.31. The van der Waals surface area contributed by atoms with Crippen molar-refractivity contribution in [3.63, 3.8) is 0 Å². The number of rotatable bonds is 7. The molecule has 2 N–H and O–H groups in total. The lowest BCUT2D eigenvalue weighted by molar-refractivity contribution is -0.139. The predicted molar refractivity (Wildman–Crippen MR) is 108 cm³/mol. The highest BCUT2D eigenvalue weighted by molar-refractivity contribution is 5.95. The summed E-state index contributed by atoms with van der Waals surface area (Å²) >= 11 is 0. The summed E-state index contributed by atoms with van der Waals surface area (Å²) in [7, 11) is 0. The van der Waals surface area contributed by atoms with E-state index in [2.05, 4.69) is 27.0 Å². The van der Waals surface area contributed by atoms with Crippen molar-refractivity contribution in [1.29, 1.82) is 0 Å². The number of benzene rings is 1. The van der Waals surface area contributed by atoms with Gasteiger partial charge in [-0.3, -0.25) is 9.80 Å². The van der Waals surface area contributed by atoms with Gasteiger partial charge in [0.25, 0.3) is 0 Å². The molecule has 150 valence electrons. The molecule has 1 fully saturated rings. The van der Waals surface area contributed by atoms with Gasteiger partial charge in [-0.15, -0.1) is 6.58 Å². The van der Waals surface area contributed by atoms with E-state index in [1.807, 2.05) is 36.4 Å². The lowest BCUT2D eigenvalue weighted by Crippen LogP contribution is -2.51. The van der Waals surface area contributed by atoms with Crippen LogP contribution in [0.5, 0.6) is 0 Å². The largest absolute Gasteiger partial charge is 0.463 e. The third kappa shape index (κ3) is 4.79. The molecule has 7 heteroatoms. The Balaban J connectivity index is 1.85. The number of amides is 2. The molecule has 1 unspecified atom stereocenters. The molecule has 0 spiro atoms. The monoisotopic (exact) mass is 384 g/mol. The summed E-state index contributed by atoms with van der Waals surface area (Å²) in [4.78, 5) is 29.7. The van der Waals surface area contributed by atoms with Gasteiger partial charge in [0, 0.05) is 45.0 Å². The Morgan fingerprint density at radius 3 is 2.54 bits per heavy atom. The van der Waals surface area contributed by atoms with Crippen LogP contribution >= 0.6 is 0 Å². The van der Waals surface area contributed by atoms with Crippen molar-refractivity contribution >= 4 is 12.0 Å². The average molecular weight is 384 g/mol. The molecule has 2 aliphatic heterocycles. The van der Waals surface area contributed by atoms with Crippen molar-refractivity contribution in [2.45, 2.75) is 13.0 Å². The van der Waals surface area contributed by atoms with E-state index in [0.29, 0.717) is 17.8 Å². The van der Waals surface area contributed by atoms with Gasteiger partial charge in [-0.1, -0.05) is 36.4 Å². The number of carbonyl (C=O) groups is 2. The van der Waals surface area contributed by atoms with Crippen LogP contribution < -0.4 is 10.6 Å². The van der Waals surface area contributed by atoms with Crippen LogP contribution in [0.3, 0.4) is 0 Å². The van der Waals surface area contributed by atoms with E-state index < -0.39 is 12.0 Å². The second-order valence-corrected chi connectivity index (χ2v) is 6.92. The summed E-state index contributed by atoms with van der Waals surface area (Å²) in [6.45, 7) is 10.8. The Hall–Kier alpha value is -2.64. The number of nitrogens with zero attached hydrogens (tertiary/aromatic N) is 2. The Kier molecular flexibility index (Phi) is 6.84. The third-order valence-corrected chi connectivity index (χ3v) is 5.02. The molecule has 0 saturated carbocycles.